The van der Waals surface area contributed by atoms with E-state index >= 15 is 0 Å². The zero-order valence-corrected chi connectivity index (χ0v) is 19.3. The van der Waals surface area contributed by atoms with Crippen LogP contribution in [0, 0.1) is 5.92 Å². The fraction of sp³-hybridized carbons (Fsp3) is 0.400. The van der Waals surface area contributed by atoms with E-state index in [4.69, 9.17) is 9.47 Å². The van der Waals surface area contributed by atoms with E-state index in [0.29, 0.717) is 12.3 Å². The van der Waals surface area contributed by atoms with E-state index in [1.165, 1.54) is 11.8 Å². The molecular weight excluding hydrogens is 456 g/mol. The van der Waals surface area contributed by atoms with Crippen LogP contribution >= 0.6 is 11.8 Å². The van der Waals surface area contributed by atoms with Gasteiger partial charge in [-0.3, -0.25) is 9.59 Å². The van der Waals surface area contributed by atoms with Gasteiger partial charge in [0.2, 0.25) is 5.91 Å². The molecule has 5 rings (SSSR count). The summed E-state index contributed by atoms with van der Waals surface area (Å²) in [5.41, 5.74) is 4.57. The maximum atomic E-state index is 13.1. The topological polar surface area (TPSA) is 105 Å². The number of carboxylic acids is 1. The third-order valence-electron chi connectivity index (χ3n) is 6.70. The van der Waals surface area contributed by atoms with Crippen molar-refractivity contribution in [3.8, 4) is 11.1 Å². The molecule has 34 heavy (non-hydrogen) atoms. The Labute approximate surface area is 201 Å². The number of hydrogen-bond acceptors (Lipinski definition) is 6. The summed E-state index contributed by atoms with van der Waals surface area (Å²) in [4.78, 5) is 38.6. The number of ether oxygens (including phenoxy) is 2. The highest BCUT2D eigenvalue weighted by Gasteiger charge is 2.40. The van der Waals surface area contributed by atoms with Crippen LogP contribution in [0.5, 0.6) is 0 Å². The fourth-order valence-corrected chi connectivity index (χ4v) is 6.00. The summed E-state index contributed by atoms with van der Waals surface area (Å²) in [5, 5.41) is 11.5. The van der Waals surface area contributed by atoms with Crippen molar-refractivity contribution in [1.29, 1.82) is 0 Å². The maximum Gasteiger partial charge on any atom is 0.407 e. The van der Waals surface area contributed by atoms with Gasteiger partial charge in [0.25, 0.3) is 0 Å². The van der Waals surface area contributed by atoms with E-state index in [0.717, 1.165) is 22.3 Å². The van der Waals surface area contributed by atoms with E-state index in [9.17, 15) is 19.5 Å². The highest BCUT2D eigenvalue weighted by atomic mass is 32.2. The average Bonchev–Trinajstić information content (AvgIpc) is 3.44. The Bertz CT molecular complexity index is 1060. The molecule has 2 aromatic rings. The lowest BCUT2D eigenvalue weighted by Gasteiger charge is -2.33. The third kappa shape index (κ3) is 4.37. The predicted molar refractivity (Wildman–Crippen MR) is 127 cm³/mol. The van der Waals surface area contributed by atoms with Crippen LogP contribution in [0.3, 0.4) is 0 Å². The van der Waals surface area contributed by atoms with E-state index in [-0.39, 0.29) is 38.2 Å². The number of rotatable bonds is 5. The number of hydrogen-bond donors (Lipinski definition) is 2. The first-order valence-electron chi connectivity index (χ1n) is 11.4. The molecule has 1 aliphatic carbocycles. The zero-order valence-electron chi connectivity index (χ0n) is 18.5. The SMILES string of the molecule is O=C(NC1COCC1C(=O)N1CCSC(C(=O)O)C1)OCC1c2ccccc2-c2ccccc21. The number of carbonyl (C=O) groups is 3. The number of carbonyl (C=O) groups excluding carboxylic acids is 2. The van der Waals surface area contributed by atoms with Crippen LogP contribution in [0.1, 0.15) is 17.0 Å². The summed E-state index contributed by atoms with van der Waals surface area (Å²) >= 11 is 1.34. The standard InChI is InChI=1S/C25H26N2O6S/c28-23(27-9-10-34-22(11-27)24(29)30)20-12-32-14-21(20)26-25(31)33-13-19-17-7-3-1-5-15(17)16-6-2-4-8-18(16)19/h1-8,19-22H,9-14H2,(H,26,31)(H,29,30). The van der Waals surface area contributed by atoms with Crippen LogP contribution < -0.4 is 5.32 Å². The number of benzene rings is 2. The van der Waals surface area contributed by atoms with Gasteiger partial charge < -0.3 is 24.8 Å². The van der Waals surface area contributed by atoms with Gasteiger partial charge in [0.05, 0.1) is 25.2 Å². The Morgan fingerprint density at radius 1 is 1.06 bits per heavy atom. The van der Waals surface area contributed by atoms with Gasteiger partial charge in [-0.15, -0.1) is 11.8 Å². The minimum Gasteiger partial charge on any atom is -0.480 e. The van der Waals surface area contributed by atoms with Gasteiger partial charge in [-0.1, -0.05) is 48.5 Å². The molecule has 0 aromatic heterocycles. The highest BCUT2D eigenvalue weighted by Crippen LogP contribution is 2.44. The first-order valence-corrected chi connectivity index (χ1v) is 12.4. The first-order chi connectivity index (χ1) is 16.5. The van der Waals surface area contributed by atoms with Crippen molar-refractivity contribution >= 4 is 29.7 Å². The number of alkyl carbamates (subject to hydrolysis) is 1. The minimum atomic E-state index is -0.918. The predicted octanol–water partition coefficient (Wildman–Crippen LogP) is 2.57. The molecule has 0 saturated carbocycles. The lowest BCUT2D eigenvalue weighted by atomic mass is 9.98. The molecule has 0 spiro atoms. The molecule has 3 unspecified atom stereocenters. The van der Waals surface area contributed by atoms with Gasteiger partial charge in [-0.2, -0.15) is 0 Å². The Morgan fingerprint density at radius 3 is 2.41 bits per heavy atom. The number of thioether (sulfide) groups is 1. The Morgan fingerprint density at radius 2 is 1.74 bits per heavy atom. The van der Waals surface area contributed by atoms with Crippen molar-refractivity contribution in [2.75, 3.05) is 38.7 Å². The van der Waals surface area contributed by atoms with Crippen LogP contribution in [0.25, 0.3) is 11.1 Å². The number of amides is 2. The molecule has 2 amide bonds. The summed E-state index contributed by atoms with van der Waals surface area (Å²) in [6.45, 7) is 1.24. The second kappa shape index (κ2) is 9.68. The molecule has 2 N–H and O–H groups in total. The smallest absolute Gasteiger partial charge is 0.407 e. The van der Waals surface area contributed by atoms with Gasteiger partial charge >= 0.3 is 12.1 Å². The van der Waals surface area contributed by atoms with Crippen LogP contribution in [0.15, 0.2) is 48.5 Å². The molecule has 0 radical (unpaired) electrons. The van der Waals surface area contributed by atoms with Crippen LogP contribution in [0.4, 0.5) is 4.79 Å². The quantitative estimate of drug-likeness (QED) is 0.675. The maximum absolute atomic E-state index is 13.1. The second-order valence-electron chi connectivity index (χ2n) is 8.70. The molecule has 2 fully saturated rings. The van der Waals surface area contributed by atoms with Crippen molar-refractivity contribution in [2.24, 2.45) is 5.92 Å². The van der Waals surface area contributed by atoms with Crippen molar-refractivity contribution in [3.05, 3.63) is 59.7 Å². The van der Waals surface area contributed by atoms with Crippen molar-refractivity contribution in [2.45, 2.75) is 17.2 Å². The number of nitrogens with one attached hydrogen (secondary N) is 1. The molecule has 2 heterocycles. The summed E-state index contributed by atoms with van der Waals surface area (Å²) in [6.07, 6.45) is -0.590. The molecule has 3 aliphatic rings. The largest absolute Gasteiger partial charge is 0.480 e. The Balaban J connectivity index is 1.20. The van der Waals surface area contributed by atoms with E-state index in [1.54, 1.807) is 4.90 Å². The lowest BCUT2D eigenvalue weighted by molar-refractivity contribution is -0.139. The number of carboxylic acid groups (broad SMARTS) is 1. The van der Waals surface area contributed by atoms with Gasteiger partial charge in [0, 0.05) is 24.8 Å². The van der Waals surface area contributed by atoms with Crippen molar-refractivity contribution in [3.63, 3.8) is 0 Å². The summed E-state index contributed by atoms with van der Waals surface area (Å²) in [7, 11) is 0. The normalized spacial score (nSPS) is 23.8. The first kappa shape index (κ1) is 22.7. The molecule has 2 saturated heterocycles. The summed E-state index contributed by atoms with van der Waals surface area (Å²) in [6, 6.07) is 15.7. The van der Waals surface area contributed by atoms with Crippen LogP contribution in [-0.4, -0.2) is 77.9 Å². The number of nitrogens with zero attached hydrogens (tertiary/aromatic N) is 1. The number of fused-ring (bicyclic) bond motifs is 3. The van der Waals surface area contributed by atoms with Crippen molar-refractivity contribution < 1.29 is 29.0 Å². The molecular formula is C25H26N2O6S. The minimum absolute atomic E-state index is 0.0470. The molecule has 2 aromatic carbocycles. The van der Waals surface area contributed by atoms with Gasteiger partial charge in [0.15, 0.2) is 0 Å². The third-order valence-corrected chi connectivity index (χ3v) is 7.87. The molecule has 8 nitrogen and oxygen atoms in total. The molecule has 3 atom stereocenters. The van der Waals surface area contributed by atoms with Gasteiger partial charge in [-0.05, 0) is 22.3 Å². The number of aliphatic carboxylic acids is 1. The molecule has 2 aliphatic heterocycles. The lowest BCUT2D eigenvalue weighted by Crippen LogP contribution is -2.51. The average molecular weight is 483 g/mol. The van der Waals surface area contributed by atoms with Gasteiger partial charge in [-0.25, -0.2) is 4.79 Å². The Hall–Kier alpha value is -3.04. The van der Waals surface area contributed by atoms with E-state index in [2.05, 4.69) is 29.6 Å². The molecule has 0 bridgehead atoms. The fourth-order valence-electron chi connectivity index (χ4n) is 4.96. The van der Waals surface area contributed by atoms with Crippen LogP contribution in [0.2, 0.25) is 0 Å². The van der Waals surface area contributed by atoms with E-state index in [1.807, 2.05) is 24.3 Å². The van der Waals surface area contributed by atoms with E-state index < -0.39 is 29.3 Å². The summed E-state index contributed by atoms with van der Waals surface area (Å²) in [5.74, 6) is -1.14. The van der Waals surface area contributed by atoms with Crippen molar-refractivity contribution in [1.82, 2.24) is 10.2 Å². The monoisotopic (exact) mass is 482 g/mol. The van der Waals surface area contributed by atoms with Gasteiger partial charge in [0.1, 0.15) is 11.9 Å². The highest BCUT2D eigenvalue weighted by molar-refractivity contribution is 8.00. The zero-order chi connectivity index (χ0) is 23.7. The summed E-state index contributed by atoms with van der Waals surface area (Å²) < 4.78 is 11.1. The molecule has 9 heteroatoms. The Kier molecular flexibility index (Phi) is 6.47. The second-order valence-corrected chi connectivity index (χ2v) is 10.0. The van der Waals surface area contributed by atoms with Crippen LogP contribution in [-0.2, 0) is 19.1 Å². The molecule has 178 valence electrons.